The van der Waals surface area contributed by atoms with Crippen LogP contribution < -0.4 is 15.0 Å². The van der Waals surface area contributed by atoms with Crippen LogP contribution in [0.15, 0.2) is 54.6 Å². The number of carbonyl (C=O) groups is 2. The number of anilines is 1. The number of hydrogen-bond donors (Lipinski definition) is 1. The smallest absolute Gasteiger partial charge is 0.227 e. The molecule has 4 rings (SSSR count). The Morgan fingerprint density at radius 2 is 1.81 bits per heavy atom. The van der Waals surface area contributed by atoms with Gasteiger partial charge in [0.15, 0.2) is 0 Å². The minimum absolute atomic E-state index is 0.00102. The van der Waals surface area contributed by atoms with E-state index in [1.54, 1.807) is 4.90 Å². The Labute approximate surface area is 153 Å². The lowest BCUT2D eigenvalue weighted by Crippen LogP contribution is -2.34. The van der Waals surface area contributed by atoms with Crippen LogP contribution in [0.3, 0.4) is 0 Å². The second-order valence-electron chi connectivity index (χ2n) is 6.96. The van der Waals surface area contributed by atoms with E-state index in [-0.39, 0.29) is 24.2 Å². The molecule has 1 aliphatic carbocycles. The van der Waals surface area contributed by atoms with E-state index in [1.165, 1.54) is 0 Å². The molecule has 1 N–H and O–H groups in total. The minimum Gasteiger partial charge on any atom is -0.489 e. The number of ether oxygens (including phenoxy) is 1. The average molecular weight is 350 g/mol. The fourth-order valence-corrected chi connectivity index (χ4v) is 3.14. The van der Waals surface area contributed by atoms with Gasteiger partial charge in [-0.05, 0) is 42.7 Å². The zero-order chi connectivity index (χ0) is 17.9. The number of amides is 2. The molecule has 1 aliphatic heterocycles. The summed E-state index contributed by atoms with van der Waals surface area (Å²) in [5.41, 5.74) is 1.92. The van der Waals surface area contributed by atoms with Gasteiger partial charge in [0.05, 0.1) is 5.92 Å². The van der Waals surface area contributed by atoms with E-state index >= 15 is 0 Å². The van der Waals surface area contributed by atoms with Gasteiger partial charge in [-0.2, -0.15) is 0 Å². The van der Waals surface area contributed by atoms with E-state index in [1.807, 2.05) is 54.6 Å². The van der Waals surface area contributed by atoms with Crippen molar-refractivity contribution in [1.29, 1.82) is 0 Å². The highest BCUT2D eigenvalue weighted by molar-refractivity contribution is 6.00. The van der Waals surface area contributed by atoms with Crippen LogP contribution in [0.2, 0.25) is 0 Å². The molecule has 5 heteroatoms. The first-order valence-electron chi connectivity index (χ1n) is 9.06. The highest BCUT2D eigenvalue weighted by Gasteiger charge is 2.37. The molecule has 2 aliphatic rings. The predicted octanol–water partition coefficient (Wildman–Crippen LogP) is 2.90. The molecule has 1 saturated heterocycles. The van der Waals surface area contributed by atoms with Crippen molar-refractivity contribution in [2.75, 3.05) is 11.4 Å². The maximum Gasteiger partial charge on any atom is 0.227 e. The van der Waals surface area contributed by atoms with Gasteiger partial charge < -0.3 is 15.0 Å². The summed E-state index contributed by atoms with van der Waals surface area (Å²) in [6.45, 7) is 0.952. The summed E-state index contributed by atoms with van der Waals surface area (Å²) < 4.78 is 5.78. The lowest BCUT2D eigenvalue weighted by molar-refractivity contribution is -0.126. The molecule has 2 fully saturated rings. The van der Waals surface area contributed by atoms with E-state index in [0.717, 1.165) is 29.8 Å². The maximum absolute atomic E-state index is 12.3. The van der Waals surface area contributed by atoms with Gasteiger partial charge in [-0.3, -0.25) is 9.59 Å². The lowest BCUT2D eigenvalue weighted by atomic mass is 10.1. The van der Waals surface area contributed by atoms with Crippen molar-refractivity contribution >= 4 is 17.5 Å². The van der Waals surface area contributed by atoms with Gasteiger partial charge in [-0.15, -0.1) is 0 Å². The molecule has 2 aromatic carbocycles. The van der Waals surface area contributed by atoms with Crippen LogP contribution in [-0.4, -0.2) is 24.4 Å². The molecule has 0 radical (unpaired) electrons. The summed E-state index contributed by atoms with van der Waals surface area (Å²) in [5.74, 6) is 0.509. The molecular weight excluding hydrogens is 328 g/mol. The third kappa shape index (κ3) is 3.87. The van der Waals surface area contributed by atoms with E-state index in [0.29, 0.717) is 19.2 Å². The molecule has 1 atom stereocenters. The average Bonchev–Trinajstić information content (AvgIpc) is 3.40. The monoisotopic (exact) mass is 350 g/mol. The predicted molar refractivity (Wildman–Crippen MR) is 98.8 cm³/mol. The summed E-state index contributed by atoms with van der Waals surface area (Å²) in [4.78, 5) is 26.2. The van der Waals surface area contributed by atoms with Gasteiger partial charge in [0.25, 0.3) is 0 Å². The summed E-state index contributed by atoms with van der Waals surface area (Å²) in [6.07, 6.45) is 2.39. The van der Waals surface area contributed by atoms with Crippen molar-refractivity contribution in [2.45, 2.75) is 31.9 Å². The Morgan fingerprint density at radius 3 is 2.50 bits per heavy atom. The SMILES string of the molecule is O=C(NC1CC1)C1CC(=O)N(c2ccc(OCc3ccccc3)cc2)C1. The Morgan fingerprint density at radius 1 is 1.08 bits per heavy atom. The fourth-order valence-electron chi connectivity index (χ4n) is 3.14. The summed E-state index contributed by atoms with van der Waals surface area (Å²) in [7, 11) is 0. The first kappa shape index (κ1) is 16.6. The van der Waals surface area contributed by atoms with Gasteiger partial charge in [0.2, 0.25) is 11.8 Å². The molecule has 1 saturated carbocycles. The Balaban J connectivity index is 1.35. The summed E-state index contributed by atoms with van der Waals surface area (Å²) in [5, 5.41) is 2.99. The Hall–Kier alpha value is -2.82. The number of hydrogen-bond acceptors (Lipinski definition) is 3. The largest absolute Gasteiger partial charge is 0.489 e. The standard InChI is InChI=1S/C21H22N2O3/c24-20-12-16(21(25)22-17-6-7-17)13-23(20)18-8-10-19(11-9-18)26-14-15-4-2-1-3-5-15/h1-5,8-11,16-17H,6-7,12-14H2,(H,22,25). The molecule has 134 valence electrons. The van der Waals surface area contributed by atoms with Crippen molar-refractivity contribution in [3.05, 3.63) is 60.2 Å². The number of benzene rings is 2. The van der Waals surface area contributed by atoms with Crippen molar-refractivity contribution in [2.24, 2.45) is 5.92 Å². The molecular formula is C21H22N2O3. The minimum atomic E-state index is -0.253. The highest BCUT2D eigenvalue weighted by atomic mass is 16.5. The number of carbonyl (C=O) groups excluding carboxylic acids is 2. The molecule has 26 heavy (non-hydrogen) atoms. The van der Waals surface area contributed by atoms with Gasteiger partial charge in [-0.25, -0.2) is 0 Å². The topological polar surface area (TPSA) is 58.6 Å². The second-order valence-corrected chi connectivity index (χ2v) is 6.96. The normalized spacial score (nSPS) is 19.5. The number of nitrogens with one attached hydrogen (secondary N) is 1. The fraction of sp³-hybridized carbons (Fsp3) is 0.333. The van der Waals surface area contributed by atoms with E-state index in [2.05, 4.69) is 5.32 Å². The molecule has 0 bridgehead atoms. The van der Waals surface area contributed by atoms with Crippen molar-refractivity contribution < 1.29 is 14.3 Å². The molecule has 2 aromatic rings. The summed E-state index contributed by atoms with van der Waals surface area (Å²) >= 11 is 0. The number of rotatable bonds is 6. The molecule has 5 nitrogen and oxygen atoms in total. The third-order valence-corrected chi connectivity index (χ3v) is 4.82. The van der Waals surface area contributed by atoms with Crippen LogP contribution in [0.1, 0.15) is 24.8 Å². The lowest BCUT2D eigenvalue weighted by Gasteiger charge is -2.17. The van der Waals surface area contributed by atoms with Crippen LogP contribution in [-0.2, 0) is 16.2 Å². The van der Waals surface area contributed by atoms with Crippen LogP contribution in [0.5, 0.6) is 5.75 Å². The number of nitrogens with zero attached hydrogens (tertiary/aromatic N) is 1. The van der Waals surface area contributed by atoms with Crippen LogP contribution in [0.25, 0.3) is 0 Å². The third-order valence-electron chi connectivity index (χ3n) is 4.82. The van der Waals surface area contributed by atoms with Crippen LogP contribution >= 0.6 is 0 Å². The van der Waals surface area contributed by atoms with Gasteiger partial charge >= 0.3 is 0 Å². The Kier molecular flexibility index (Phi) is 4.61. The van der Waals surface area contributed by atoms with Crippen LogP contribution in [0.4, 0.5) is 5.69 Å². The highest BCUT2D eigenvalue weighted by Crippen LogP contribution is 2.28. The van der Waals surface area contributed by atoms with Crippen LogP contribution in [0, 0.1) is 5.92 Å². The second kappa shape index (κ2) is 7.20. The first-order chi connectivity index (χ1) is 12.7. The van der Waals surface area contributed by atoms with E-state index in [4.69, 9.17) is 4.74 Å². The van der Waals surface area contributed by atoms with Crippen molar-refractivity contribution in [1.82, 2.24) is 5.32 Å². The molecule has 2 amide bonds. The summed E-state index contributed by atoms with van der Waals surface area (Å²) in [6, 6.07) is 17.8. The quantitative estimate of drug-likeness (QED) is 0.871. The molecule has 0 aromatic heterocycles. The molecule has 1 unspecified atom stereocenters. The van der Waals surface area contributed by atoms with E-state index < -0.39 is 0 Å². The van der Waals surface area contributed by atoms with Crippen molar-refractivity contribution in [3.63, 3.8) is 0 Å². The zero-order valence-corrected chi connectivity index (χ0v) is 14.6. The van der Waals surface area contributed by atoms with E-state index in [9.17, 15) is 9.59 Å². The van der Waals surface area contributed by atoms with Gasteiger partial charge in [-0.1, -0.05) is 30.3 Å². The van der Waals surface area contributed by atoms with Crippen molar-refractivity contribution in [3.8, 4) is 5.75 Å². The van der Waals surface area contributed by atoms with Gasteiger partial charge in [0.1, 0.15) is 12.4 Å². The van der Waals surface area contributed by atoms with Gasteiger partial charge in [0, 0.05) is 24.7 Å². The molecule has 0 spiro atoms. The first-order valence-corrected chi connectivity index (χ1v) is 9.06. The maximum atomic E-state index is 12.3. The zero-order valence-electron chi connectivity index (χ0n) is 14.6. The Bertz CT molecular complexity index is 785. The molecule has 1 heterocycles.